The molecule has 144 valence electrons. The number of amides is 1. The lowest BCUT2D eigenvalue weighted by atomic mass is 9.98. The molecular formula is C17H26N4O5. The summed E-state index contributed by atoms with van der Waals surface area (Å²) in [5.41, 5.74) is 0. The normalized spacial score (nSPS) is 26.0. The van der Waals surface area contributed by atoms with Gasteiger partial charge in [0, 0.05) is 32.3 Å². The zero-order chi connectivity index (χ0) is 18.5. The Kier molecular flexibility index (Phi) is 6.20. The topological polar surface area (TPSA) is 107 Å². The summed E-state index contributed by atoms with van der Waals surface area (Å²) in [5, 5.41) is 15.7. The van der Waals surface area contributed by atoms with E-state index in [1.54, 1.807) is 0 Å². The van der Waals surface area contributed by atoms with Crippen LogP contribution in [0.25, 0.3) is 0 Å². The number of carboxylic acid groups (broad SMARTS) is 1. The lowest BCUT2D eigenvalue weighted by Crippen LogP contribution is -2.45. The number of carbonyl (C=O) groups is 2. The molecule has 3 aliphatic rings. The standard InChI is InChI=1S/C16H24N4O3.CH2O2/c1-11-9-19(16(21)13-3-2-6-23-13)10-14-17-18-15(20(11)14)12-4-7-22-8-5-12;2-1-3/h11-13H,2-10H2,1H3;1H,(H,2,3)/t11-,13+;/m0./s1. The van der Waals surface area contributed by atoms with Gasteiger partial charge in [0.05, 0.1) is 12.6 Å². The summed E-state index contributed by atoms with van der Waals surface area (Å²) in [6.07, 6.45) is 3.56. The van der Waals surface area contributed by atoms with E-state index in [0.29, 0.717) is 25.6 Å². The highest BCUT2D eigenvalue weighted by Crippen LogP contribution is 2.31. The maximum Gasteiger partial charge on any atom is 0.290 e. The molecule has 2 saturated heterocycles. The second kappa shape index (κ2) is 8.59. The third kappa shape index (κ3) is 3.88. The van der Waals surface area contributed by atoms with E-state index in [0.717, 1.165) is 50.5 Å². The quantitative estimate of drug-likeness (QED) is 0.777. The second-order valence-corrected chi connectivity index (χ2v) is 6.91. The van der Waals surface area contributed by atoms with Crippen LogP contribution in [0.15, 0.2) is 0 Å². The van der Waals surface area contributed by atoms with Crippen LogP contribution in [0.4, 0.5) is 0 Å². The summed E-state index contributed by atoms with van der Waals surface area (Å²) in [4.78, 5) is 22.8. The van der Waals surface area contributed by atoms with Crippen LogP contribution in [0.2, 0.25) is 0 Å². The minimum absolute atomic E-state index is 0.108. The Morgan fingerprint density at radius 3 is 2.62 bits per heavy atom. The number of hydrogen-bond donors (Lipinski definition) is 1. The Labute approximate surface area is 152 Å². The molecule has 0 spiro atoms. The van der Waals surface area contributed by atoms with E-state index in [1.807, 2.05) is 4.90 Å². The molecule has 0 aromatic carbocycles. The molecule has 9 heteroatoms. The first-order valence-electron chi connectivity index (χ1n) is 9.15. The SMILES string of the molecule is C[C@H]1CN(C(=O)[C@H]2CCCO2)Cc2nnc(C3CCOCC3)n21.O=CO. The van der Waals surface area contributed by atoms with Crippen molar-refractivity contribution in [1.29, 1.82) is 0 Å². The van der Waals surface area contributed by atoms with Crippen LogP contribution >= 0.6 is 0 Å². The highest BCUT2D eigenvalue weighted by molar-refractivity contribution is 5.81. The average molecular weight is 366 g/mol. The highest BCUT2D eigenvalue weighted by atomic mass is 16.5. The minimum atomic E-state index is -0.258. The minimum Gasteiger partial charge on any atom is -0.483 e. The number of fused-ring (bicyclic) bond motifs is 1. The predicted octanol–water partition coefficient (Wildman–Crippen LogP) is 0.955. The highest BCUT2D eigenvalue weighted by Gasteiger charge is 2.35. The molecule has 1 aromatic rings. The van der Waals surface area contributed by atoms with Crippen LogP contribution in [0.3, 0.4) is 0 Å². The molecular weight excluding hydrogens is 340 g/mol. The summed E-state index contributed by atoms with van der Waals surface area (Å²) in [7, 11) is 0. The Bertz CT molecular complexity index is 623. The van der Waals surface area contributed by atoms with Gasteiger partial charge in [0.25, 0.3) is 12.4 Å². The van der Waals surface area contributed by atoms with E-state index >= 15 is 0 Å². The van der Waals surface area contributed by atoms with E-state index in [-0.39, 0.29) is 24.5 Å². The molecule has 1 N–H and O–H groups in total. The number of ether oxygens (including phenoxy) is 2. The molecule has 2 fully saturated rings. The predicted molar refractivity (Wildman–Crippen MR) is 90.6 cm³/mol. The molecule has 1 amide bonds. The van der Waals surface area contributed by atoms with Gasteiger partial charge in [-0.3, -0.25) is 9.59 Å². The van der Waals surface area contributed by atoms with E-state index in [9.17, 15) is 4.79 Å². The van der Waals surface area contributed by atoms with Crippen LogP contribution in [-0.2, 0) is 25.6 Å². The van der Waals surface area contributed by atoms with Gasteiger partial charge in [0.1, 0.15) is 11.9 Å². The summed E-state index contributed by atoms with van der Waals surface area (Å²) in [5.74, 6) is 2.50. The van der Waals surface area contributed by atoms with Crippen LogP contribution in [0.5, 0.6) is 0 Å². The van der Waals surface area contributed by atoms with Gasteiger partial charge >= 0.3 is 0 Å². The summed E-state index contributed by atoms with van der Waals surface area (Å²) < 4.78 is 13.2. The van der Waals surface area contributed by atoms with Crippen molar-refractivity contribution in [3.63, 3.8) is 0 Å². The van der Waals surface area contributed by atoms with E-state index < -0.39 is 0 Å². The fraction of sp³-hybridized carbons (Fsp3) is 0.765. The van der Waals surface area contributed by atoms with Gasteiger partial charge < -0.3 is 24.0 Å². The molecule has 3 aliphatic heterocycles. The Morgan fingerprint density at radius 2 is 1.96 bits per heavy atom. The van der Waals surface area contributed by atoms with Crippen molar-refractivity contribution >= 4 is 12.4 Å². The molecule has 4 heterocycles. The van der Waals surface area contributed by atoms with Gasteiger partial charge in [-0.1, -0.05) is 0 Å². The van der Waals surface area contributed by atoms with E-state index in [2.05, 4.69) is 21.7 Å². The zero-order valence-corrected chi connectivity index (χ0v) is 15.0. The molecule has 4 rings (SSSR count). The van der Waals surface area contributed by atoms with Gasteiger partial charge in [-0.2, -0.15) is 0 Å². The molecule has 26 heavy (non-hydrogen) atoms. The molecule has 9 nitrogen and oxygen atoms in total. The van der Waals surface area contributed by atoms with Crippen LogP contribution in [-0.4, -0.2) is 69.6 Å². The first-order valence-corrected chi connectivity index (χ1v) is 9.15. The molecule has 0 saturated carbocycles. The molecule has 0 unspecified atom stereocenters. The Balaban J connectivity index is 0.000000613. The van der Waals surface area contributed by atoms with Gasteiger partial charge in [-0.05, 0) is 32.6 Å². The number of nitrogens with zero attached hydrogens (tertiary/aromatic N) is 4. The van der Waals surface area contributed by atoms with Crippen molar-refractivity contribution in [3.8, 4) is 0 Å². The smallest absolute Gasteiger partial charge is 0.290 e. The van der Waals surface area contributed by atoms with Gasteiger partial charge in [0.15, 0.2) is 5.82 Å². The maximum atomic E-state index is 12.6. The summed E-state index contributed by atoms with van der Waals surface area (Å²) >= 11 is 0. The lowest BCUT2D eigenvalue weighted by Gasteiger charge is -2.35. The molecule has 0 radical (unpaired) electrons. The Morgan fingerprint density at radius 1 is 1.23 bits per heavy atom. The molecule has 0 aliphatic carbocycles. The monoisotopic (exact) mass is 366 g/mol. The number of aromatic nitrogens is 3. The second-order valence-electron chi connectivity index (χ2n) is 6.91. The molecule has 2 atom stereocenters. The third-order valence-electron chi connectivity index (χ3n) is 5.15. The third-order valence-corrected chi connectivity index (χ3v) is 5.15. The number of rotatable bonds is 2. The fourth-order valence-corrected chi connectivity index (χ4v) is 3.94. The molecule has 0 bridgehead atoms. The lowest BCUT2D eigenvalue weighted by molar-refractivity contribution is -0.143. The Hall–Kier alpha value is -2.00. The zero-order valence-electron chi connectivity index (χ0n) is 15.0. The van der Waals surface area contributed by atoms with Crippen LogP contribution in [0, 0.1) is 0 Å². The average Bonchev–Trinajstić information content (AvgIpc) is 3.32. The van der Waals surface area contributed by atoms with Crippen molar-refractivity contribution in [3.05, 3.63) is 11.6 Å². The first-order chi connectivity index (χ1) is 12.7. The maximum absolute atomic E-state index is 12.6. The summed E-state index contributed by atoms with van der Waals surface area (Å²) in [6.45, 7) is 5.43. The van der Waals surface area contributed by atoms with Crippen LogP contribution in [0.1, 0.15) is 56.2 Å². The fourth-order valence-electron chi connectivity index (χ4n) is 3.94. The van der Waals surface area contributed by atoms with Gasteiger partial charge in [-0.25, -0.2) is 0 Å². The van der Waals surface area contributed by atoms with Gasteiger partial charge in [0.2, 0.25) is 0 Å². The van der Waals surface area contributed by atoms with Crippen molar-refractivity contribution < 1.29 is 24.2 Å². The van der Waals surface area contributed by atoms with E-state index in [1.165, 1.54) is 0 Å². The van der Waals surface area contributed by atoms with Crippen molar-refractivity contribution in [2.24, 2.45) is 0 Å². The summed E-state index contributed by atoms with van der Waals surface area (Å²) in [6, 6.07) is 0.206. The largest absolute Gasteiger partial charge is 0.483 e. The van der Waals surface area contributed by atoms with Crippen molar-refractivity contribution in [2.45, 2.75) is 57.2 Å². The number of carbonyl (C=O) groups excluding carboxylic acids is 1. The number of hydrogen-bond acceptors (Lipinski definition) is 6. The van der Waals surface area contributed by atoms with Crippen LogP contribution < -0.4 is 0 Å². The first kappa shape index (κ1) is 18.8. The van der Waals surface area contributed by atoms with Crippen molar-refractivity contribution in [2.75, 3.05) is 26.4 Å². The molecule has 1 aromatic heterocycles. The van der Waals surface area contributed by atoms with Gasteiger partial charge in [-0.15, -0.1) is 10.2 Å². The van der Waals surface area contributed by atoms with E-state index in [4.69, 9.17) is 19.4 Å². The van der Waals surface area contributed by atoms with Crippen molar-refractivity contribution in [1.82, 2.24) is 19.7 Å².